The molecule has 2 heterocycles. The molecule has 2 rings (SSSR count). The molecule has 1 aromatic heterocycles. The van der Waals surface area contributed by atoms with E-state index in [4.69, 9.17) is 11.6 Å². The second-order valence-electron chi connectivity index (χ2n) is 5.00. The van der Waals surface area contributed by atoms with Gasteiger partial charge in [-0.3, -0.25) is 9.78 Å². The van der Waals surface area contributed by atoms with Crippen molar-refractivity contribution in [3.8, 4) is 0 Å². The minimum Gasteiger partial charge on any atom is -0.479 e. The van der Waals surface area contributed by atoms with Crippen LogP contribution in [-0.4, -0.2) is 39.0 Å². The lowest BCUT2D eigenvalue weighted by Gasteiger charge is -2.34. The lowest BCUT2D eigenvalue weighted by Crippen LogP contribution is -2.53. The normalized spacial score (nSPS) is 22.0. The number of aliphatic carboxylic acids is 1. The highest BCUT2D eigenvalue weighted by atomic mass is 35.5. The van der Waals surface area contributed by atoms with Crippen LogP contribution in [-0.2, 0) is 4.79 Å². The summed E-state index contributed by atoms with van der Waals surface area (Å²) in [7, 11) is 0. The van der Waals surface area contributed by atoms with E-state index in [1.165, 1.54) is 23.4 Å². The maximum Gasteiger partial charge on any atom is 0.329 e. The van der Waals surface area contributed by atoms with Crippen molar-refractivity contribution in [2.45, 2.75) is 38.1 Å². The van der Waals surface area contributed by atoms with Crippen LogP contribution in [0.2, 0.25) is 5.02 Å². The monoisotopic (exact) mass is 296 g/mol. The number of rotatable bonds is 4. The molecule has 20 heavy (non-hydrogen) atoms. The summed E-state index contributed by atoms with van der Waals surface area (Å²) in [5.74, 6) is -1.29. The van der Waals surface area contributed by atoms with Crippen molar-refractivity contribution in [3.05, 3.63) is 29.0 Å². The first-order chi connectivity index (χ1) is 9.53. The topological polar surface area (TPSA) is 70.5 Å². The Morgan fingerprint density at radius 2 is 2.30 bits per heavy atom. The van der Waals surface area contributed by atoms with Gasteiger partial charge in [-0.15, -0.1) is 0 Å². The van der Waals surface area contributed by atoms with Gasteiger partial charge in [-0.25, -0.2) is 4.79 Å². The van der Waals surface area contributed by atoms with Crippen LogP contribution in [0.3, 0.4) is 0 Å². The van der Waals surface area contributed by atoms with Gasteiger partial charge in [0.1, 0.15) is 5.54 Å². The Balaban J connectivity index is 2.38. The summed E-state index contributed by atoms with van der Waals surface area (Å²) in [5.41, 5.74) is -0.844. The first-order valence-electron chi connectivity index (χ1n) is 6.68. The van der Waals surface area contributed by atoms with Crippen molar-refractivity contribution in [1.29, 1.82) is 0 Å². The van der Waals surface area contributed by atoms with Gasteiger partial charge in [0.05, 0.1) is 10.6 Å². The van der Waals surface area contributed by atoms with Gasteiger partial charge in [0.15, 0.2) is 0 Å². The summed E-state index contributed by atoms with van der Waals surface area (Å²) in [5, 5.41) is 9.89. The first kappa shape index (κ1) is 14.8. The summed E-state index contributed by atoms with van der Waals surface area (Å²) < 4.78 is 0. The van der Waals surface area contributed by atoms with Gasteiger partial charge < -0.3 is 10.0 Å². The number of aromatic nitrogens is 1. The number of carbonyl (C=O) groups is 2. The molecule has 0 aromatic carbocycles. The number of hydrogen-bond acceptors (Lipinski definition) is 3. The molecule has 1 N–H and O–H groups in total. The molecule has 1 atom stereocenters. The summed E-state index contributed by atoms with van der Waals surface area (Å²) in [6, 6.07) is 1.53. The second kappa shape index (κ2) is 5.79. The Bertz CT molecular complexity index is 535. The smallest absolute Gasteiger partial charge is 0.329 e. The number of likely N-dealkylation sites (tertiary alicyclic amines) is 1. The Labute approximate surface area is 122 Å². The van der Waals surface area contributed by atoms with Crippen LogP contribution < -0.4 is 0 Å². The molecule has 1 amide bonds. The zero-order chi connectivity index (χ0) is 14.8. The summed E-state index contributed by atoms with van der Waals surface area (Å²) in [6.07, 6.45) is 5.22. The van der Waals surface area contributed by atoms with Gasteiger partial charge in [0.2, 0.25) is 0 Å². The predicted molar refractivity (Wildman–Crippen MR) is 74.8 cm³/mol. The van der Waals surface area contributed by atoms with Gasteiger partial charge in [0.25, 0.3) is 5.91 Å². The van der Waals surface area contributed by atoms with E-state index in [-0.39, 0.29) is 11.5 Å². The van der Waals surface area contributed by atoms with E-state index >= 15 is 0 Å². The number of hydrogen-bond donors (Lipinski definition) is 1. The average Bonchev–Trinajstić information content (AvgIpc) is 2.84. The molecule has 1 aliphatic rings. The van der Waals surface area contributed by atoms with E-state index in [1.54, 1.807) is 0 Å². The maximum absolute atomic E-state index is 12.6. The van der Waals surface area contributed by atoms with Crippen molar-refractivity contribution >= 4 is 23.5 Å². The molecule has 0 spiro atoms. The number of pyridine rings is 1. The third-order valence-corrected chi connectivity index (χ3v) is 4.12. The Morgan fingerprint density at radius 1 is 1.55 bits per heavy atom. The quantitative estimate of drug-likeness (QED) is 0.927. The van der Waals surface area contributed by atoms with Gasteiger partial charge in [-0.2, -0.15) is 0 Å². The molecule has 1 aliphatic heterocycles. The lowest BCUT2D eigenvalue weighted by molar-refractivity contribution is -0.148. The van der Waals surface area contributed by atoms with E-state index in [9.17, 15) is 14.7 Å². The number of halogens is 1. The largest absolute Gasteiger partial charge is 0.479 e. The van der Waals surface area contributed by atoms with Crippen molar-refractivity contribution < 1.29 is 14.7 Å². The fourth-order valence-electron chi connectivity index (χ4n) is 2.86. The minimum absolute atomic E-state index is 0.262. The highest BCUT2D eigenvalue weighted by Crippen LogP contribution is 2.35. The highest BCUT2D eigenvalue weighted by molar-refractivity contribution is 6.33. The molecule has 1 fully saturated rings. The molecule has 0 saturated carbocycles. The summed E-state index contributed by atoms with van der Waals surface area (Å²) in [4.78, 5) is 29.6. The van der Waals surface area contributed by atoms with Crippen LogP contribution in [0.15, 0.2) is 18.5 Å². The fourth-order valence-corrected chi connectivity index (χ4v) is 3.04. The predicted octanol–water partition coefficient (Wildman–Crippen LogP) is 2.59. The number of carboxylic acids is 1. The number of nitrogens with zero attached hydrogens (tertiary/aromatic N) is 2. The van der Waals surface area contributed by atoms with Crippen LogP contribution in [0.5, 0.6) is 0 Å². The number of carbonyl (C=O) groups excluding carboxylic acids is 1. The SMILES string of the molecule is CCCC1(C(=O)O)CCCN1C(=O)c1cnccc1Cl. The summed E-state index contributed by atoms with van der Waals surface area (Å²) in [6.45, 7) is 2.36. The van der Waals surface area contributed by atoms with Crippen LogP contribution in [0, 0.1) is 0 Å². The molecule has 0 radical (unpaired) electrons. The van der Waals surface area contributed by atoms with E-state index in [0.29, 0.717) is 37.3 Å². The first-order valence-corrected chi connectivity index (χ1v) is 7.05. The van der Waals surface area contributed by atoms with Gasteiger partial charge in [0, 0.05) is 18.9 Å². The van der Waals surface area contributed by atoms with Crippen LogP contribution in [0.25, 0.3) is 0 Å². The molecule has 0 bridgehead atoms. The maximum atomic E-state index is 12.6. The molecule has 1 unspecified atom stereocenters. The number of carboxylic acid groups (broad SMARTS) is 1. The molecule has 1 aromatic rings. The summed E-state index contributed by atoms with van der Waals surface area (Å²) >= 11 is 6.01. The molecular weight excluding hydrogens is 280 g/mol. The molecule has 5 nitrogen and oxygen atoms in total. The van der Waals surface area contributed by atoms with Crippen molar-refractivity contribution in [2.24, 2.45) is 0 Å². The Kier molecular flexibility index (Phi) is 4.28. The second-order valence-corrected chi connectivity index (χ2v) is 5.41. The Morgan fingerprint density at radius 3 is 2.90 bits per heavy atom. The van der Waals surface area contributed by atoms with Crippen molar-refractivity contribution in [2.75, 3.05) is 6.54 Å². The Hall–Kier alpha value is -1.62. The van der Waals surface area contributed by atoms with E-state index < -0.39 is 11.5 Å². The van der Waals surface area contributed by atoms with E-state index in [0.717, 1.165) is 0 Å². The van der Waals surface area contributed by atoms with Crippen LogP contribution in [0.1, 0.15) is 43.0 Å². The standard InChI is InChI=1S/C14H17ClN2O3/c1-2-5-14(13(19)20)6-3-8-17(14)12(18)10-9-16-7-4-11(10)15/h4,7,9H,2-3,5-6,8H2,1H3,(H,19,20). The zero-order valence-electron chi connectivity index (χ0n) is 11.3. The molecule has 1 saturated heterocycles. The fraction of sp³-hybridized carbons (Fsp3) is 0.500. The van der Waals surface area contributed by atoms with Gasteiger partial charge >= 0.3 is 5.97 Å². The van der Waals surface area contributed by atoms with Crippen molar-refractivity contribution in [3.63, 3.8) is 0 Å². The lowest BCUT2D eigenvalue weighted by atomic mass is 9.90. The average molecular weight is 297 g/mol. The minimum atomic E-state index is -1.11. The molecular formula is C14H17ClN2O3. The van der Waals surface area contributed by atoms with Gasteiger partial charge in [-0.1, -0.05) is 24.9 Å². The van der Waals surface area contributed by atoms with E-state index in [1.807, 2.05) is 6.92 Å². The molecule has 0 aliphatic carbocycles. The highest BCUT2D eigenvalue weighted by Gasteiger charge is 2.49. The number of amides is 1. The zero-order valence-corrected chi connectivity index (χ0v) is 12.1. The van der Waals surface area contributed by atoms with Gasteiger partial charge in [-0.05, 0) is 25.3 Å². The third kappa shape index (κ3) is 2.38. The van der Waals surface area contributed by atoms with Crippen LogP contribution >= 0.6 is 11.6 Å². The third-order valence-electron chi connectivity index (χ3n) is 3.79. The molecule has 6 heteroatoms. The van der Waals surface area contributed by atoms with Crippen molar-refractivity contribution in [1.82, 2.24) is 9.88 Å². The van der Waals surface area contributed by atoms with Crippen LogP contribution in [0.4, 0.5) is 0 Å². The van der Waals surface area contributed by atoms with E-state index in [2.05, 4.69) is 4.98 Å². The molecule has 108 valence electrons.